The molecule has 3 fully saturated rings. The van der Waals surface area contributed by atoms with Crippen molar-refractivity contribution in [2.45, 2.75) is 65.3 Å². The van der Waals surface area contributed by atoms with Crippen LogP contribution >= 0.6 is 0 Å². The van der Waals surface area contributed by atoms with E-state index in [1.807, 2.05) is 0 Å². The summed E-state index contributed by atoms with van der Waals surface area (Å²) in [7, 11) is 0. The van der Waals surface area contributed by atoms with Crippen LogP contribution in [0, 0.1) is 23.2 Å². The van der Waals surface area contributed by atoms with E-state index < -0.39 is 0 Å². The summed E-state index contributed by atoms with van der Waals surface area (Å²) in [6, 6.07) is 0.926. The standard InChI is InChI=1S/C16H29N/c1-12-5-4-6-14(8-7-12)17-10-15-13(2)9-16(15,3)11-17/h12-15H,4-11H2,1-3H3. The van der Waals surface area contributed by atoms with Gasteiger partial charge < -0.3 is 0 Å². The van der Waals surface area contributed by atoms with Crippen LogP contribution < -0.4 is 0 Å². The molecule has 0 radical (unpaired) electrons. The van der Waals surface area contributed by atoms with Crippen molar-refractivity contribution in [3.8, 4) is 0 Å². The van der Waals surface area contributed by atoms with Gasteiger partial charge in [-0.25, -0.2) is 0 Å². The number of hydrogen-bond acceptors (Lipinski definition) is 1. The summed E-state index contributed by atoms with van der Waals surface area (Å²) in [6.45, 7) is 10.3. The molecule has 5 unspecified atom stereocenters. The Morgan fingerprint density at radius 3 is 2.59 bits per heavy atom. The van der Waals surface area contributed by atoms with Crippen molar-refractivity contribution in [1.29, 1.82) is 0 Å². The Labute approximate surface area is 107 Å². The van der Waals surface area contributed by atoms with Crippen molar-refractivity contribution in [1.82, 2.24) is 4.90 Å². The third-order valence-electron chi connectivity index (χ3n) is 6.11. The van der Waals surface area contributed by atoms with Gasteiger partial charge in [0, 0.05) is 19.1 Å². The predicted molar refractivity (Wildman–Crippen MR) is 73.0 cm³/mol. The van der Waals surface area contributed by atoms with Gasteiger partial charge in [-0.05, 0) is 48.9 Å². The Morgan fingerprint density at radius 1 is 1.06 bits per heavy atom. The molecule has 3 rings (SSSR count). The first-order valence-corrected chi connectivity index (χ1v) is 7.82. The van der Waals surface area contributed by atoms with Gasteiger partial charge in [-0.3, -0.25) is 4.90 Å². The van der Waals surface area contributed by atoms with E-state index in [4.69, 9.17) is 0 Å². The van der Waals surface area contributed by atoms with Gasteiger partial charge in [-0.2, -0.15) is 0 Å². The van der Waals surface area contributed by atoms with Gasteiger partial charge >= 0.3 is 0 Å². The van der Waals surface area contributed by atoms with Crippen LogP contribution in [0.1, 0.15) is 59.3 Å². The van der Waals surface area contributed by atoms with Gasteiger partial charge in [0.15, 0.2) is 0 Å². The Bertz CT molecular complexity index is 287. The molecule has 17 heavy (non-hydrogen) atoms. The molecular formula is C16H29N. The fourth-order valence-corrected chi connectivity index (χ4v) is 5.03. The maximum absolute atomic E-state index is 2.87. The molecule has 3 aliphatic rings. The average molecular weight is 235 g/mol. The van der Waals surface area contributed by atoms with Crippen LogP contribution in [-0.4, -0.2) is 24.0 Å². The second-order valence-electron chi connectivity index (χ2n) is 7.64. The summed E-state index contributed by atoms with van der Waals surface area (Å²) in [6.07, 6.45) is 8.84. The summed E-state index contributed by atoms with van der Waals surface area (Å²) >= 11 is 0. The molecule has 5 atom stereocenters. The molecule has 0 bridgehead atoms. The second-order valence-corrected chi connectivity index (χ2v) is 7.64. The van der Waals surface area contributed by atoms with E-state index in [0.717, 1.165) is 23.8 Å². The van der Waals surface area contributed by atoms with Crippen molar-refractivity contribution in [3.63, 3.8) is 0 Å². The van der Waals surface area contributed by atoms with Gasteiger partial charge in [0.1, 0.15) is 0 Å². The van der Waals surface area contributed by atoms with Gasteiger partial charge in [0.05, 0.1) is 0 Å². The molecule has 2 saturated carbocycles. The molecule has 0 spiro atoms. The van der Waals surface area contributed by atoms with Crippen molar-refractivity contribution in [3.05, 3.63) is 0 Å². The highest BCUT2D eigenvalue weighted by Gasteiger charge is 2.54. The lowest BCUT2D eigenvalue weighted by molar-refractivity contribution is 0.0328. The lowest BCUT2D eigenvalue weighted by Crippen LogP contribution is -2.43. The highest BCUT2D eigenvalue weighted by atomic mass is 15.2. The predicted octanol–water partition coefficient (Wildman–Crippen LogP) is 3.93. The first-order chi connectivity index (χ1) is 8.08. The molecule has 1 nitrogen and oxygen atoms in total. The quantitative estimate of drug-likeness (QED) is 0.622. The summed E-state index contributed by atoms with van der Waals surface area (Å²) < 4.78 is 0. The lowest BCUT2D eigenvalue weighted by Gasteiger charge is -2.47. The highest BCUT2D eigenvalue weighted by molar-refractivity contribution is 5.05. The molecule has 0 N–H and O–H groups in total. The Kier molecular flexibility index (Phi) is 3.01. The normalized spacial score (nSPS) is 51.7. The van der Waals surface area contributed by atoms with E-state index in [9.17, 15) is 0 Å². The van der Waals surface area contributed by atoms with Crippen LogP contribution in [0.2, 0.25) is 0 Å². The largest absolute Gasteiger partial charge is 0.300 e. The van der Waals surface area contributed by atoms with Crippen LogP contribution in [0.5, 0.6) is 0 Å². The Morgan fingerprint density at radius 2 is 1.88 bits per heavy atom. The SMILES string of the molecule is CC1CCCC(N2CC3C(C)CC3(C)C2)CC1. The van der Waals surface area contributed by atoms with Crippen LogP contribution in [-0.2, 0) is 0 Å². The van der Waals surface area contributed by atoms with Crippen LogP contribution in [0.4, 0.5) is 0 Å². The van der Waals surface area contributed by atoms with E-state index in [-0.39, 0.29) is 0 Å². The molecule has 2 aliphatic carbocycles. The monoisotopic (exact) mass is 235 g/mol. The Balaban J connectivity index is 1.62. The molecule has 0 aromatic heterocycles. The molecule has 1 saturated heterocycles. The Hall–Kier alpha value is -0.0400. The minimum absolute atomic E-state index is 0.692. The molecular weight excluding hydrogens is 206 g/mol. The molecule has 1 aliphatic heterocycles. The van der Waals surface area contributed by atoms with Crippen molar-refractivity contribution >= 4 is 0 Å². The minimum Gasteiger partial charge on any atom is -0.300 e. The van der Waals surface area contributed by atoms with Crippen LogP contribution in [0.3, 0.4) is 0 Å². The lowest BCUT2D eigenvalue weighted by atomic mass is 9.57. The fourth-order valence-electron chi connectivity index (χ4n) is 5.03. The topological polar surface area (TPSA) is 3.24 Å². The first-order valence-electron chi connectivity index (χ1n) is 7.82. The van der Waals surface area contributed by atoms with Gasteiger partial charge in [0.2, 0.25) is 0 Å². The van der Waals surface area contributed by atoms with Crippen molar-refractivity contribution in [2.75, 3.05) is 13.1 Å². The molecule has 1 heterocycles. The summed E-state index contributed by atoms with van der Waals surface area (Å²) in [5.41, 5.74) is 0.692. The number of nitrogens with zero attached hydrogens (tertiary/aromatic N) is 1. The average Bonchev–Trinajstić information content (AvgIpc) is 2.43. The summed E-state index contributed by atoms with van der Waals surface area (Å²) in [5, 5.41) is 0. The van der Waals surface area contributed by atoms with E-state index in [2.05, 4.69) is 25.7 Å². The molecule has 1 heteroatoms. The number of fused-ring (bicyclic) bond motifs is 1. The maximum atomic E-state index is 2.87. The molecule has 98 valence electrons. The van der Waals surface area contributed by atoms with E-state index in [1.54, 1.807) is 0 Å². The zero-order valence-electron chi connectivity index (χ0n) is 11.9. The third kappa shape index (κ3) is 2.05. The van der Waals surface area contributed by atoms with E-state index in [0.29, 0.717) is 5.41 Å². The fraction of sp³-hybridized carbons (Fsp3) is 1.00. The van der Waals surface area contributed by atoms with Crippen LogP contribution in [0.25, 0.3) is 0 Å². The summed E-state index contributed by atoms with van der Waals surface area (Å²) in [4.78, 5) is 2.87. The van der Waals surface area contributed by atoms with Gasteiger partial charge in [-0.15, -0.1) is 0 Å². The van der Waals surface area contributed by atoms with Crippen LogP contribution in [0.15, 0.2) is 0 Å². The smallest absolute Gasteiger partial charge is 0.00957 e. The number of hydrogen-bond donors (Lipinski definition) is 0. The minimum atomic E-state index is 0.692. The second kappa shape index (κ2) is 4.26. The number of likely N-dealkylation sites (tertiary alicyclic amines) is 1. The van der Waals surface area contributed by atoms with Gasteiger partial charge in [0.25, 0.3) is 0 Å². The molecule has 0 amide bonds. The molecule has 0 aromatic rings. The first kappa shape index (κ1) is 12.0. The van der Waals surface area contributed by atoms with E-state index >= 15 is 0 Å². The zero-order valence-corrected chi connectivity index (χ0v) is 11.9. The maximum Gasteiger partial charge on any atom is 0.00957 e. The molecule has 0 aromatic carbocycles. The van der Waals surface area contributed by atoms with Gasteiger partial charge in [-0.1, -0.05) is 33.6 Å². The zero-order chi connectivity index (χ0) is 12.0. The summed E-state index contributed by atoms with van der Waals surface area (Å²) in [5.74, 6) is 2.99. The third-order valence-corrected chi connectivity index (χ3v) is 6.11. The van der Waals surface area contributed by atoms with Crippen molar-refractivity contribution < 1.29 is 0 Å². The number of rotatable bonds is 1. The van der Waals surface area contributed by atoms with Crippen molar-refractivity contribution in [2.24, 2.45) is 23.2 Å². The van der Waals surface area contributed by atoms with E-state index in [1.165, 1.54) is 51.6 Å². The highest BCUT2D eigenvalue weighted by Crippen LogP contribution is 2.56.